The number of nitrogens with zero attached hydrogens (tertiary/aromatic N) is 2. The number of aromatic nitrogens is 2. The fourth-order valence-corrected chi connectivity index (χ4v) is 2.60. The molecule has 2 aromatic rings. The average Bonchev–Trinajstić information content (AvgIpc) is 2.89. The largest absolute Gasteiger partial charge is 0.496 e. The molecule has 1 unspecified atom stereocenters. The third kappa shape index (κ3) is 3.22. The molecule has 0 aliphatic rings. The molecule has 0 aliphatic heterocycles. The van der Waals surface area contributed by atoms with Gasteiger partial charge in [-0.3, -0.25) is 4.68 Å². The molecule has 1 atom stereocenters. The molecule has 0 radical (unpaired) electrons. The van der Waals surface area contributed by atoms with Crippen LogP contribution in [0.25, 0.3) is 0 Å². The Bertz CT molecular complexity index is 613. The summed E-state index contributed by atoms with van der Waals surface area (Å²) in [6.07, 6.45) is 1.68. The zero-order valence-corrected chi connectivity index (χ0v) is 13.9. The maximum Gasteiger partial charge on any atom is 0.163 e. The average molecular weight is 355 g/mol. The number of halogens is 1. The van der Waals surface area contributed by atoms with Gasteiger partial charge in [0, 0.05) is 16.6 Å². The summed E-state index contributed by atoms with van der Waals surface area (Å²) in [6.45, 7) is 2.78. The van der Waals surface area contributed by atoms with Crippen molar-refractivity contribution in [1.82, 2.24) is 9.78 Å². The molecule has 0 bridgehead atoms. The van der Waals surface area contributed by atoms with Crippen LogP contribution in [-0.2, 0) is 6.54 Å². The van der Waals surface area contributed by atoms with E-state index in [2.05, 4.69) is 28.0 Å². The lowest BCUT2D eigenvalue weighted by Gasteiger charge is -2.17. The summed E-state index contributed by atoms with van der Waals surface area (Å²) in [7, 11) is 3.15. The van der Waals surface area contributed by atoms with Gasteiger partial charge in [0.05, 0.1) is 20.4 Å². The van der Waals surface area contributed by atoms with E-state index in [1.807, 2.05) is 18.2 Å². The molecule has 0 fully saturated rings. The minimum atomic E-state index is -0.864. The Balaban J connectivity index is 2.48. The molecule has 1 heterocycles. The Morgan fingerprint density at radius 2 is 2.00 bits per heavy atom. The summed E-state index contributed by atoms with van der Waals surface area (Å²) in [5.41, 5.74) is 1.32. The van der Waals surface area contributed by atoms with E-state index in [1.165, 1.54) is 0 Å². The first kappa shape index (κ1) is 15.9. The standard InChI is InChI=1S/C15H19BrN2O3/c1-4-7-18-14(13(21-3)9-17-18)15(19)11-6-5-10(16)8-12(11)20-2/h5-6,8-9,15,19H,4,7H2,1-3H3. The highest BCUT2D eigenvalue weighted by molar-refractivity contribution is 9.10. The first-order chi connectivity index (χ1) is 10.1. The Morgan fingerprint density at radius 1 is 1.29 bits per heavy atom. The molecular weight excluding hydrogens is 336 g/mol. The number of hydrogen-bond donors (Lipinski definition) is 1. The van der Waals surface area contributed by atoms with Crippen molar-refractivity contribution in [2.75, 3.05) is 14.2 Å². The van der Waals surface area contributed by atoms with Gasteiger partial charge in [0.2, 0.25) is 0 Å². The smallest absolute Gasteiger partial charge is 0.163 e. The molecule has 0 saturated heterocycles. The predicted molar refractivity (Wildman–Crippen MR) is 83.8 cm³/mol. The molecule has 0 spiro atoms. The second kappa shape index (κ2) is 6.95. The summed E-state index contributed by atoms with van der Waals surface area (Å²) >= 11 is 3.40. The molecular formula is C15H19BrN2O3. The van der Waals surface area contributed by atoms with Crippen LogP contribution >= 0.6 is 15.9 Å². The van der Waals surface area contributed by atoms with E-state index in [4.69, 9.17) is 9.47 Å². The second-order valence-electron chi connectivity index (χ2n) is 4.61. The number of benzene rings is 1. The Hall–Kier alpha value is -1.53. The van der Waals surface area contributed by atoms with Crippen LogP contribution in [0.3, 0.4) is 0 Å². The lowest BCUT2D eigenvalue weighted by Crippen LogP contribution is -2.12. The molecule has 0 saturated carbocycles. The van der Waals surface area contributed by atoms with Crippen LogP contribution in [0, 0.1) is 0 Å². The van der Waals surface area contributed by atoms with Gasteiger partial charge in [-0.2, -0.15) is 5.10 Å². The first-order valence-electron chi connectivity index (χ1n) is 6.73. The maximum absolute atomic E-state index is 10.8. The zero-order valence-electron chi connectivity index (χ0n) is 12.3. The highest BCUT2D eigenvalue weighted by Gasteiger charge is 2.24. The topological polar surface area (TPSA) is 56.5 Å². The molecule has 114 valence electrons. The lowest BCUT2D eigenvalue weighted by molar-refractivity contribution is 0.197. The number of aryl methyl sites for hydroxylation is 1. The van der Waals surface area contributed by atoms with Crippen molar-refractivity contribution in [3.8, 4) is 11.5 Å². The summed E-state index contributed by atoms with van der Waals surface area (Å²) < 4.78 is 13.3. The van der Waals surface area contributed by atoms with E-state index >= 15 is 0 Å². The molecule has 21 heavy (non-hydrogen) atoms. The molecule has 0 amide bonds. The third-order valence-corrected chi connectivity index (χ3v) is 3.74. The van der Waals surface area contributed by atoms with Gasteiger partial charge in [0.25, 0.3) is 0 Å². The molecule has 2 rings (SSSR count). The SMILES string of the molecule is CCCn1ncc(OC)c1C(O)c1ccc(Br)cc1OC. The van der Waals surface area contributed by atoms with E-state index in [9.17, 15) is 5.11 Å². The normalized spacial score (nSPS) is 12.2. The quantitative estimate of drug-likeness (QED) is 0.865. The number of rotatable bonds is 6. The van der Waals surface area contributed by atoms with Gasteiger partial charge in [-0.15, -0.1) is 0 Å². The van der Waals surface area contributed by atoms with E-state index in [1.54, 1.807) is 25.1 Å². The molecule has 1 N–H and O–H groups in total. The van der Waals surface area contributed by atoms with Crippen molar-refractivity contribution >= 4 is 15.9 Å². The number of ether oxygens (including phenoxy) is 2. The van der Waals surface area contributed by atoms with Crippen LogP contribution in [0.2, 0.25) is 0 Å². The Labute approximate surface area is 132 Å². The van der Waals surface area contributed by atoms with Crippen LogP contribution in [0.1, 0.15) is 30.7 Å². The number of aliphatic hydroxyl groups excluding tert-OH is 1. The minimum Gasteiger partial charge on any atom is -0.496 e. The second-order valence-corrected chi connectivity index (χ2v) is 5.53. The fraction of sp³-hybridized carbons (Fsp3) is 0.400. The van der Waals surface area contributed by atoms with Gasteiger partial charge in [0.15, 0.2) is 5.75 Å². The Kier molecular flexibility index (Phi) is 5.25. The van der Waals surface area contributed by atoms with Crippen LogP contribution in [0.4, 0.5) is 0 Å². The summed E-state index contributed by atoms with van der Waals surface area (Å²) in [4.78, 5) is 0. The van der Waals surface area contributed by atoms with E-state index < -0.39 is 6.10 Å². The van der Waals surface area contributed by atoms with Gasteiger partial charge < -0.3 is 14.6 Å². The van der Waals surface area contributed by atoms with Gasteiger partial charge in [-0.05, 0) is 18.6 Å². The fourth-order valence-electron chi connectivity index (χ4n) is 2.26. The lowest BCUT2D eigenvalue weighted by atomic mass is 10.0. The Morgan fingerprint density at radius 3 is 2.62 bits per heavy atom. The summed E-state index contributed by atoms with van der Waals surface area (Å²) in [5, 5.41) is 15.0. The van der Waals surface area contributed by atoms with Crippen LogP contribution in [0.5, 0.6) is 11.5 Å². The van der Waals surface area contributed by atoms with Gasteiger partial charge in [-0.1, -0.05) is 28.9 Å². The van der Waals surface area contributed by atoms with Crippen molar-refractivity contribution < 1.29 is 14.6 Å². The van der Waals surface area contributed by atoms with Crippen molar-refractivity contribution in [2.24, 2.45) is 0 Å². The summed E-state index contributed by atoms with van der Waals surface area (Å²) in [5.74, 6) is 1.18. The van der Waals surface area contributed by atoms with Crippen molar-refractivity contribution in [2.45, 2.75) is 26.0 Å². The van der Waals surface area contributed by atoms with E-state index in [0.29, 0.717) is 29.3 Å². The van der Waals surface area contributed by atoms with Gasteiger partial charge in [-0.25, -0.2) is 0 Å². The monoisotopic (exact) mass is 354 g/mol. The third-order valence-electron chi connectivity index (χ3n) is 3.25. The number of hydrogen-bond acceptors (Lipinski definition) is 4. The van der Waals surface area contributed by atoms with E-state index in [0.717, 1.165) is 10.9 Å². The van der Waals surface area contributed by atoms with Crippen molar-refractivity contribution in [3.05, 3.63) is 40.1 Å². The molecule has 1 aromatic heterocycles. The van der Waals surface area contributed by atoms with Crippen molar-refractivity contribution in [1.29, 1.82) is 0 Å². The van der Waals surface area contributed by atoms with Gasteiger partial charge >= 0.3 is 0 Å². The highest BCUT2D eigenvalue weighted by atomic mass is 79.9. The number of aliphatic hydroxyl groups is 1. The van der Waals surface area contributed by atoms with Gasteiger partial charge in [0.1, 0.15) is 17.5 Å². The highest BCUT2D eigenvalue weighted by Crippen LogP contribution is 2.36. The van der Waals surface area contributed by atoms with Crippen LogP contribution in [-0.4, -0.2) is 29.1 Å². The molecule has 5 nitrogen and oxygen atoms in total. The van der Waals surface area contributed by atoms with Crippen LogP contribution < -0.4 is 9.47 Å². The summed E-state index contributed by atoms with van der Waals surface area (Å²) in [6, 6.07) is 5.52. The van der Waals surface area contributed by atoms with E-state index in [-0.39, 0.29) is 0 Å². The van der Waals surface area contributed by atoms with Crippen molar-refractivity contribution in [3.63, 3.8) is 0 Å². The first-order valence-corrected chi connectivity index (χ1v) is 7.52. The van der Waals surface area contributed by atoms with Crippen LogP contribution in [0.15, 0.2) is 28.9 Å². The predicted octanol–water partition coefficient (Wildman–Crippen LogP) is 3.15. The number of methoxy groups -OCH3 is 2. The molecule has 0 aliphatic carbocycles. The molecule has 6 heteroatoms. The maximum atomic E-state index is 10.8. The molecule has 1 aromatic carbocycles. The zero-order chi connectivity index (χ0) is 15.4. The minimum absolute atomic E-state index is 0.570.